The lowest BCUT2D eigenvalue weighted by Crippen LogP contribution is -2.46. The van der Waals surface area contributed by atoms with E-state index in [9.17, 15) is 14.4 Å². The largest absolute Gasteiger partial charge is 0.450 e. The quantitative estimate of drug-likeness (QED) is 0.602. The van der Waals surface area contributed by atoms with Crippen molar-refractivity contribution < 1.29 is 28.3 Å². The number of ether oxygens (including phenoxy) is 2. The van der Waals surface area contributed by atoms with E-state index in [1.54, 1.807) is 19.1 Å². The minimum Gasteiger partial charge on any atom is -0.450 e. The Kier molecular flexibility index (Phi) is 8.01. The summed E-state index contributed by atoms with van der Waals surface area (Å²) in [6.07, 6.45) is 0.797. The molecule has 0 aliphatic rings. The van der Waals surface area contributed by atoms with Gasteiger partial charge in [0, 0.05) is 24.1 Å². The molecular weight excluding hydrogens is 364 g/mol. The number of para-hydroxylation sites is 1. The molecule has 0 unspecified atom stereocenters. The molecule has 8 nitrogen and oxygen atoms in total. The van der Waals surface area contributed by atoms with E-state index in [0.29, 0.717) is 24.3 Å². The third kappa shape index (κ3) is 5.56. The molecule has 0 aliphatic carbocycles. The lowest BCUT2D eigenvalue weighted by atomic mass is 10.1. The van der Waals surface area contributed by atoms with Gasteiger partial charge in [-0.3, -0.25) is 9.59 Å². The molecule has 2 amide bonds. The van der Waals surface area contributed by atoms with Crippen molar-refractivity contribution in [3.05, 3.63) is 35.6 Å². The summed E-state index contributed by atoms with van der Waals surface area (Å²) in [5, 5.41) is 5.93. The van der Waals surface area contributed by atoms with Crippen LogP contribution in [-0.2, 0) is 25.7 Å². The molecule has 0 saturated carbocycles. The third-order valence-corrected chi connectivity index (χ3v) is 3.99. The molecule has 0 saturated heterocycles. The standard InChI is InChI=1S/C20H26N2O6/c1-4-10-21-19(24)13(3)22-17(23)12-27-20(25)18-15(11-26-5-2)14-8-6-7-9-16(14)28-18/h6-9,13H,4-5,10-12H2,1-3H3,(H,21,24)(H,22,23)/t13-/m0/s1. The Morgan fingerprint density at radius 2 is 1.93 bits per heavy atom. The molecule has 0 radical (unpaired) electrons. The molecule has 0 spiro atoms. The lowest BCUT2D eigenvalue weighted by Gasteiger charge is -2.13. The van der Waals surface area contributed by atoms with E-state index >= 15 is 0 Å². The lowest BCUT2D eigenvalue weighted by molar-refractivity contribution is -0.130. The van der Waals surface area contributed by atoms with Crippen LogP contribution in [0.1, 0.15) is 43.3 Å². The molecule has 0 aliphatic heterocycles. The van der Waals surface area contributed by atoms with Crippen LogP contribution in [0.3, 0.4) is 0 Å². The van der Waals surface area contributed by atoms with Crippen LogP contribution in [0.5, 0.6) is 0 Å². The van der Waals surface area contributed by atoms with Crippen molar-refractivity contribution >= 4 is 28.8 Å². The van der Waals surface area contributed by atoms with E-state index in [-0.39, 0.29) is 18.3 Å². The van der Waals surface area contributed by atoms with Crippen molar-refractivity contribution in [1.29, 1.82) is 0 Å². The first-order chi connectivity index (χ1) is 13.5. The molecule has 2 aromatic rings. The molecule has 1 atom stereocenters. The Labute approximate surface area is 163 Å². The van der Waals surface area contributed by atoms with Gasteiger partial charge in [0.1, 0.15) is 11.6 Å². The second-order valence-corrected chi connectivity index (χ2v) is 6.20. The van der Waals surface area contributed by atoms with Crippen LogP contribution in [-0.4, -0.2) is 43.6 Å². The van der Waals surface area contributed by atoms with Gasteiger partial charge >= 0.3 is 5.97 Å². The van der Waals surface area contributed by atoms with Crippen molar-refractivity contribution in [2.24, 2.45) is 0 Å². The number of furan rings is 1. The first-order valence-electron chi connectivity index (χ1n) is 9.30. The fourth-order valence-corrected chi connectivity index (χ4v) is 2.56. The van der Waals surface area contributed by atoms with Crippen molar-refractivity contribution in [3.63, 3.8) is 0 Å². The van der Waals surface area contributed by atoms with Gasteiger partial charge in [-0.05, 0) is 26.3 Å². The molecule has 1 aromatic heterocycles. The number of carbonyl (C=O) groups is 3. The zero-order chi connectivity index (χ0) is 20.5. The Morgan fingerprint density at radius 1 is 1.18 bits per heavy atom. The van der Waals surface area contributed by atoms with Crippen LogP contribution < -0.4 is 10.6 Å². The Hall–Kier alpha value is -2.87. The summed E-state index contributed by atoms with van der Waals surface area (Å²) in [5.41, 5.74) is 1.12. The Balaban J connectivity index is 1.99. The second-order valence-electron chi connectivity index (χ2n) is 6.20. The Bertz CT molecular complexity index is 829. The normalized spacial score (nSPS) is 11.8. The Morgan fingerprint density at radius 3 is 2.64 bits per heavy atom. The molecule has 2 N–H and O–H groups in total. The van der Waals surface area contributed by atoms with Crippen LogP contribution in [0, 0.1) is 0 Å². The van der Waals surface area contributed by atoms with Crippen LogP contribution in [0.25, 0.3) is 11.0 Å². The van der Waals surface area contributed by atoms with Gasteiger partial charge in [0.15, 0.2) is 6.61 Å². The number of nitrogens with one attached hydrogen (secondary N) is 2. The number of amides is 2. The van der Waals surface area contributed by atoms with E-state index in [4.69, 9.17) is 13.9 Å². The van der Waals surface area contributed by atoms with Gasteiger partial charge in [-0.1, -0.05) is 25.1 Å². The van der Waals surface area contributed by atoms with Crippen LogP contribution in [0.2, 0.25) is 0 Å². The highest BCUT2D eigenvalue weighted by Crippen LogP contribution is 2.27. The average molecular weight is 390 g/mol. The highest BCUT2D eigenvalue weighted by atomic mass is 16.5. The molecule has 0 fully saturated rings. The van der Waals surface area contributed by atoms with Crippen molar-refractivity contribution in [2.45, 2.75) is 39.8 Å². The summed E-state index contributed by atoms with van der Waals surface area (Å²) in [6.45, 7) is 6.03. The van der Waals surface area contributed by atoms with E-state index < -0.39 is 24.5 Å². The molecule has 2 rings (SSSR count). The third-order valence-electron chi connectivity index (χ3n) is 3.99. The van der Waals surface area contributed by atoms with E-state index in [1.165, 1.54) is 0 Å². The van der Waals surface area contributed by atoms with Crippen LogP contribution in [0.15, 0.2) is 28.7 Å². The first-order valence-corrected chi connectivity index (χ1v) is 9.30. The summed E-state index contributed by atoms with van der Waals surface area (Å²) in [6, 6.07) is 6.47. The predicted molar refractivity (Wildman–Crippen MR) is 103 cm³/mol. The summed E-state index contributed by atoms with van der Waals surface area (Å²) < 4.78 is 16.1. The van der Waals surface area contributed by atoms with E-state index in [2.05, 4.69) is 10.6 Å². The molecule has 28 heavy (non-hydrogen) atoms. The van der Waals surface area contributed by atoms with Gasteiger partial charge in [0.25, 0.3) is 5.91 Å². The van der Waals surface area contributed by atoms with Crippen molar-refractivity contribution in [2.75, 3.05) is 19.8 Å². The molecule has 8 heteroatoms. The molecular formula is C20H26N2O6. The summed E-state index contributed by atoms with van der Waals surface area (Å²) in [4.78, 5) is 36.2. The average Bonchev–Trinajstić information content (AvgIpc) is 3.07. The summed E-state index contributed by atoms with van der Waals surface area (Å²) in [5.74, 6) is -1.62. The van der Waals surface area contributed by atoms with Crippen LogP contribution in [0.4, 0.5) is 0 Å². The predicted octanol–water partition coefficient (Wildman–Crippen LogP) is 2.16. The summed E-state index contributed by atoms with van der Waals surface area (Å²) >= 11 is 0. The number of hydrogen-bond acceptors (Lipinski definition) is 6. The minimum atomic E-state index is -0.760. The SMILES string of the molecule is CCCNC(=O)[C@H](C)NC(=O)COC(=O)c1oc2ccccc2c1COCC. The van der Waals surface area contributed by atoms with Gasteiger partial charge < -0.3 is 24.5 Å². The maximum Gasteiger partial charge on any atom is 0.375 e. The zero-order valence-corrected chi connectivity index (χ0v) is 16.4. The maximum absolute atomic E-state index is 12.4. The first kappa shape index (κ1) is 21.4. The number of benzene rings is 1. The molecule has 152 valence electrons. The number of rotatable bonds is 10. The van der Waals surface area contributed by atoms with Gasteiger partial charge in [0.2, 0.25) is 11.7 Å². The van der Waals surface area contributed by atoms with E-state index in [0.717, 1.165) is 11.8 Å². The van der Waals surface area contributed by atoms with E-state index in [1.807, 2.05) is 26.0 Å². The van der Waals surface area contributed by atoms with Crippen molar-refractivity contribution in [3.8, 4) is 0 Å². The topological polar surface area (TPSA) is 107 Å². The van der Waals surface area contributed by atoms with Crippen LogP contribution >= 0.6 is 0 Å². The number of carbonyl (C=O) groups excluding carboxylic acids is 3. The molecule has 1 heterocycles. The minimum absolute atomic E-state index is 0.0104. The van der Waals surface area contributed by atoms with Crippen molar-refractivity contribution in [1.82, 2.24) is 10.6 Å². The maximum atomic E-state index is 12.4. The van der Waals surface area contributed by atoms with Gasteiger partial charge in [-0.2, -0.15) is 0 Å². The highest BCUT2D eigenvalue weighted by Gasteiger charge is 2.23. The number of fused-ring (bicyclic) bond motifs is 1. The highest BCUT2D eigenvalue weighted by molar-refractivity contribution is 5.97. The monoisotopic (exact) mass is 390 g/mol. The van der Waals surface area contributed by atoms with Gasteiger partial charge in [-0.25, -0.2) is 4.79 Å². The van der Waals surface area contributed by atoms with Gasteiger partial charge in [0.05, 0.1) is 6.61 Å². The second kappa shape index (κ2) is 10.5. The molecule has 1 aromatic carbocycles. The summed E-state index contributed by atoms with van der Waals surface area (Å²) in [7, 11) is 0. The smallest absolute Gasteiger partial charge is 0.375 e. The fraction of sp³-hybridized carbons (Fsp3) is 0.450. The zero-order valence-electron chi connectivity index (χ0n) is 16.4. The number of esters is 1. The molecule has 0 bridgehead atoms. The number of hydrogen-bond donors (Lipinski definition) is 2. The fourth-order valence-electron chi connectivity index (χ4n) is 2.56. The van der Waals surface area contributed by atoms with Gasteiger partial charge in [-0.15, -0.1) is 0 Å².